The molecule has 0 aliphatic rings. The molecule has 0 saturated carbocycles. The maximum Gasteiger partial charge on any atom is 0.408 e. The quantitative estimate of drug-likeness (QED) is 0.248. The van der Waals surface area contributed by atoms with E-state index >= 15 is 0 Å². The van der Waals surface area contributed by atoms with Crippen molar-refractivity contribution in [3.8, 4) is 12.3 Å². The van der Waals surface area contributed by atoms with Crippen LogP contribution < -0.4 is 16.4 Å². The summed E-state index contributed by atoms with van der Waals surface area (Å²) in [5.41, 5.74) is 4.61. The smallest absolute Gasteiger partial charge is 0.408 e. The molecule has 0 heterocycles. The highest BCUT2D eigenvalue weighted by molar-refractivity contribution is 5.95. The minimum Gasteiger partial charge on any atom is -0.466 e. The number of esters is 1. The molecule has 0 bridgehead atoms. The average molecular weight is 559 g/mol. The zero-order valence-electron chi connectivity index (χ0n) is 24.5. The Hall–Kier alpha value is -4.07. The zero-order valence-corrected chi connectivity index (χ0v) is 24.5. The summed E-state index contributed by atoms with van der Waals surface area (Å²) in [6, 6.07) is 3.89. The number of ether oxygens (including phenoxy) is 2. The van der Waals surface area contributed by atoms with Crippen molar-refractivity contribution in [2.45, 2.75) is 91.0 Å². The number of benzene rings is 1. The van der Waals surface area contributed by atoms with E-state index < -0.39 is 59.4 Å². The number of carbonyl (C=O) groups excluding carboxylic acids is 5. The number of alkyl carbamates (subject to hydrolysis) is 1. The lowest BCUT2D eigenvalue weighted by Gasteiger charge is -2.44. The maximum absolute atomic E-state index is 14.2. The maximum atomic E-state index is 14.2. The SMILES string of the molecule is C#Cc1ccc(C(C(=O)NCCC(=O)OCC)N(C(=O)C(CC(N)=O)NC(=O)OC(C)(C)C)C(C)(C)CC)cc1. The molecule has 2 unspecified atom stereocenters. The van der Waals surface area contributed by atoms with E-state index in [2.05, 4.69) is 16.6 Å². The van der Waals surface area contributed by atoms with Crippen molar-refractivity contribution in [1.82, 2.24) is 15.5 Å². The fourth-order valence-electron chi connectivity index (χ4n) is 3.76. The van der Waals surface area contributed by atoms with Gasteiger partial charge in [0.1, 0.15) is 17.7 Å². The monoisotopic (exact) mass is 558 g/mol. The predicted octanol–water partition coefficient (Wildman–Crippen LogP) is 2.56. The van der Waals surface area contributed by atoms with Crippen LogP contribution in [0.15, 0.2) is 24.3 Å². The molecule has 0 spiro atoms. The number of hydrogen-bond donors (Lipinski definition) is 3. The van der Waals surface area contributed by atoms with E-state index in [0.29, 0.717) is 17.5 Å². The molecule has 0 aliphatic heterocycles. The average Bonchev–Trinajstić information content (AvgIpc) is 2.85. The first kappa shape index (κ1) is 34.0. The minimum atomic E-state index is -1.42. The Kier molecular flexibility index (Phi) is 12.7. The number of amides is 4. The highest BCUT2D eigenvalue weighted by atomic mass is 16.6. The summed E-state index contributed by atoms with van der Waals surface area (Å²) in [6.45, 7) is 12.2. The van der Waals surface area contributed by atoms with Gasteiger partial charge in [0.15, 0.2) is 0 Å². The van der Waals surface area contributed by atoms with Crippen molar-refractivity contribution in [3.05, 3.63) is 35.4 Å². The van der Waals surface area contributed by atoms with Crippen molar-refractivity contribution < 1.29 is 33.4 Å². The van der Waals surface area contributed by atoms with E-state index in [9.17, 15) is 24.0 Å². The van der Waals surface area contributed by atoms with Gasteiger partial charge in [0.25, 0.3) is 0 Å². The van der Waals surface area contributed by atoms with E-state index in [1.54, 1.807) is 65.8 Å². The van der Waals surface area contributed by atoms with Gasteiger partial charge in [0, 0.05) is 17.6 Å². The van der Waals surface area contributed by atoms with Gasteiger partial charge in [-0.2, -0.15) is 0 Å². The molecule has 0 aromatic heterocycles. The lowest BCUT2D eigenvalue weighted by Crippen LogP contribution is -2.60. The largest absolute Gasteiger partial charge is 0.466 e. The Bertz CT molecular complexity index is 1100. The van der Waals surface area contributed by atoms with Gasteiger partial charge in [-0.3, -0.25) is 19.2 Å². The second-order valence-corrected chi connectivity index (χ2v) is 10.8. The summed E-state index contributed by atoms with van der Waals surface area (Å²) >= 11 is 0. The summed E-state index contributed by atoms with van der Waals surface area (Å²) in [4.78, 5) is 65.5. The van der Waals surface area contributed by atoms with E-state index in [-0.39, 0.29) is 19.6 Å². The highest BCUT2D eigenvalue weighted by Crippen LogP contribution is 2.32. The van der Waals surface area contributed by atoms with Crippen LogP contribution in [0.25, 0.3) is 0 Å². The van der Waals surface area contributed by atoms with Gasteiger partial charge >= 0.3 is 12.1 Å². The van der Waals surface area contributed by atoms with Crippen molar-refractivity contribution in [2.75, 3.05) is 13.2 Å². The molecule has 1 aromatic rings. The standard InChI is InChI=1S/C29H42N4O7/c1-9-19-12-14-20(15-13-19)24(25(36)31-17-16-23(35)39-11-3)33(29(7,8)10-2)26(37)21(18-22(30)34)32-27(38)40-28(4,5)6/h1,12-15,21,24H,10-11,16-18H2,2-8H3,(H2,30,34)(H,31,36)(H,32,38). The van der Waals surface area contributed by atoms with E-state index in [0.717, 1.165) is 0 Å². The molecular weight excluding hydrogens is 516 g/mol. The van der Waals surface area contributed by atoms with E-state index in [1.165, 1.54) is 4.90 Å². The summed E-state index contributed by atoms with van der Waals surface area (Å²) < 4.78 is 10.2. The molecule has 11 heteroatoms. The Morgan fingerprint density at radius 2 is 1.65 bits per heavy atom. The normalized spacial score (nSPS) is 12.8. The summed E-state index contributed by atoms with van der Waals surface area (Å²) in [5, 5.41) is 5.15. The van der Waals surface area contributed by atoms with Gasteiger partial charge in [-0.05, 0) is 65.7 Å². The van der Waals surface area contributed by atoms with Gasteiger partial charge in [-0.15, -0.1) is 6.42 Å². The lowest BCUT2D eigenvalue weighted by atomic mass is 9.91. The molecule has 220 valence electrons. The van der Waals surface area contributed by atoms with Gasteiger partial charge in [-0.1, -0.05) is 25.0 Å². The van der Waals surface area contributed by atoms with Crippen LogP contribution in [0.2, 0.25) is 0 Å². The van der Waals surface area contributed by atoms with Gasteiger partial charge in [0.2, 0.25) is 17.7 Å². The third kappa shape index (κ3) is 10.6. The summed E-state index contributed by atoms with van der Waals surface area (Å²) in [6.07, 6.45) is 4.38. The second kappa shape index (κ2) is 14.9. The fourth-order valence-corrected chi connectivity index (χ4v) is 3.76. The first-order chi connectivity index (χ1) is 18.6. The third-order valence-electron chi connectivity index (χ3n) is 5.98. The highest BCUT2D eigenvalue weighted by Gasteiger charge is 2.43. The van der Waals surface area contributed by atoms with Crippen LogP contribution in [-0.2, 0) is 28.7 Å². The Morgan fingerprint density at radius 1 is 1.05 bits per heavy atom. The molecule has 0 fully saturated rings. The number of hydrogen-bond acceptors (Lipinski definition) is 7. The molecule has 11 nitrogen and oxygen atoms in total. The van der Waals surface area contributed by atoms with Crippen LogP contribution in [0.1, 0.15) is 84.9 Å². The number of nitrogens with zero attached hydrogens (tertiary/aromatic N) is 1. The molecule has 0 saturated heterocycles. The zero-order chi connectivity index (χ0) is 30.7. The van der Waals surface area contributed by atoms with Gasteiger partial charge in [-0.25, -0.2) is 4.79 Å². The Balaban J connectivity index is 3.60. The number of primary amides is 1. The molecule has 4 amide bonds. The van der Waals surface area contributed by atoms with Crippen LogP contribution in [0.3, 0.4) is 0 Å². The number of carbonyl (C=O) groups is 5. The van der Waals surface area contributed by atoms with Crippen molar-refractivity contribution in [3.63, 3.8) is 0 Å². The van der Waals surface area contributed by atoms with E-state index in [1.807, 2.05) is 6.92 Å². The molecule has 0 aliphatic carbocycles. The number of rotatable bonds is 13. The second-order valence-electron chi connectivity index (χ2n) is 10.8. The Morgan fingerprint density at radius 3 is 2.12 bits per heavy atom. The molecule has 2 atom stereocenters. The molecule has 0 radical (unpaired) electrons. The van der Waals surface area contributed by atoms with Crippen LogP contribution >= 0.6 is 0 Å². The molecule has 1 rings (SSSR count). The number of terminal acetylenes is 1. The van der Waals surface area contributed by atoms with Crippen LogP contribution in [0.4, 0.5) is 4.79 Å². The first-order valence-electron chi connectivity index (χ1n) is 13.2. The Labute approximate surface area is 236 Å². The molecular formula is C29H42N4O7. The molecule has 4 N–H and O–H groups in total. The topological polar surface area (TPSA) is 157 Å². The number of nitrogens with one attached hydrogen (secondary N) is 2. The molecule has 1 aromatic carbocycles. The van der Waals surface area contributed by atoms with Crippen molar-refractivity contribution in [1.29, 1.82) is 0 Å². The van der Waals surface area contributed by atoms with Gasteiger partial charge < -0.3 is 30.7 Å². The first-order valence-corrected chi connectivity index (χ1v) is 13.2. The number of nitrogens with two attached hydrogens (primary N) is 1. The summed E-state index contributed by atoms with van der Waals surface area (Å²) in [7, 11) is 0. The van der Waals surface area contributed by atoms with Crippen molar-refractivity contribution >= 4 is 29.8 Å². The molecule has 40 heavy (non-hydrogen) atoms. The van der Waals surface area contributed by atoms with Crippen LogP contribution in [0, 0.1) is 12.3 Å². The van der Waals surface area contributed by atoms with Crippen molar-refractivity contribution in [2.24, 2.45) is 5.73 Å². The fraction of sp³-hybridized carbons (Fsp3) is 0.552. The predicted molar refractivity (Wildman–Crippen MR) is 150 cm³/mol. The van der Waals surface area contributed by atoms with Gasteiger partial charge in [0.05, 0.1) is 19.4 Å². The van der Waals surface area contributed by atoms with Crippen LogP contribution in [0.5, 0.6) is 0 Å². The van der Waals surface area contributed by atoms with E-state index in [4.69, 9.17) is 21.6 Å². The minimum absolute atomic E-state index is 0.0357. The summed E-state index contributed by atoms with van der Waals surface area (Å²) in [5.74, 6) is -0.110. The lowest BCUT2D eigenvalue weighted by molar-refractivity contribution is -0.150. The third-order valence-corrected chi connectivity index (χ3v) is 5.98. The van der Waals surface area contributed by atoms with Crippen LogP contribution in [-0.4, -0.2) is 65.0 Å².